The maximum atomic E-state index is 12.8. The van der Waals surface area contributed by atoms with Crippen molar-refractivity contribution in [3.05, 3.63) is 39.7 Å². The number of ether oxygens (including phenoxy) is 1. The summed E-state index contributed by atoms with van der Waals surface area (Å²) in [6.45, 7) is 4.92. The number of nitrogens with zero attached hydrogens (tertiary/aromatic N) is 1. The average Bonchev–Trinajstić information content (AvgIpc) is 3.23. The summed E-state index contributed by atoms with van der Waals surface area (Å²) >= 11 is 10.5. The highest BCUT2D eigenvalue weighted by molar-refractivity contribution is 8.01. The number of ketones is 1. The SMILES string of the molecule is Nc1c(C(=O)c2ccc(Cl)cc2)sc2nsc(SCC[NH+]3CCOCC3)c12. The molecule has 1 saturated heterocycles. The largest absolute Gasteiger partial charge is 0.397 e. The van der Waals surface area contributed by atoms with Gasteiger partial charge in [-0.15, -0.1) is 23.1 Å². The van der Waals surface area contributed by atoms with E-state index in [1.165, 1.54) is 22.9 Å². The second kappa shape index (κ2) is 8.46. The van der Waals surface area contributed by atoms with Crippen LogP contribution in [0, 0.1) is 0 Å². The smallest absolute Gasteiger partial charge is 0.205 e. The molecule has 9 heteroatoms. The third-order valence-electron chi connectivity index (χ3n) is 4.54. The minimum atomic E-state index is -0.0779. The third kappa shape index (κ3) is 4.16. The average molecular weight is 441 g/mol. The number of nitrogens with two attached hydrogens (primary N) is 1. The number of hydrogen-bond donors (Lipinski definition) is 2. The van der Waals surface area contributed by atoms with Crippen molar-refractivity contribution in [3.63, 3.8) is 0 Å². The fraction of sp³-hybridized carbons (Fsp3) is 0.333. The predicted molar refractivity (Wildman–Crippen MR) is 114 cm³/mol. The summed E-state index contributed by atoms with van der Waals surface area (Å²) < 4.78 is 11.0. The molecule has 1 aromatic carbocycles. The molecule has 0 unspecified atom stereocenters. The van der Waals surface area contributed by atoms with Gasteiger partial charge in [0.2, 0.25) is 5.78 Å². The minimum Gasteiger partial charge on any atom is -0.397 e. The van der Waals surface area contributed by atoms with Gasteiger partial charge in [0.25, 0.3) is 0 Å². The Morgan fingerprint density at radius 2 is 2.04 bits per heavy atom. The van der Waals surface area contributed by atoms with Gasteiger partial charge in [0, 0.05) is 16.3 Å². The molecular formula is C18H19ClN3O2S3+. The van der Waals surface area contributed by atoms with Crippen molar-refractivity contribution in [2.75, 3.05) is 44.3 Å². The number of nitrogens with one attached hydrogen (secondary N) is 1. The molecule has 0 saturated carbocycles. The molecule has 142 valence electrons. The number of hydrogen-bond acceptors (Lipinski definition) is 7. The Kier molecular flexibility index (Phi) is 6.01. The zero-order valence-corrected chi connectivity index (χ0v) is 17.7. The lowest BCUT2D eigenvalue weighted by molar-refractivity contribution is -0.905. The number of thioether (sulfide) groups is 1. The van der Waals surface area contributed by atoms with Crippen LogP contribution < -0.4 is 10.6 Å². The van der Waals surface area contributed by atoms with Gasteiger partial charge in [0.15, 0.2) is 0 Å². The van der Waals surface area contributed by atoms with E-state index in [1.807, 2.05) is 0 Å². The summed E-state index contributed by atoms with van der Waals surface area (Å²) in [5, 5.41) is 1.54. The van der Waals surface area contributed by atoms with Crippen LogP contribution in [0.1, 0.15) is 15.2 Å². The Bertz CT molecular complexity index is 949. The molecule has 4 rings (SSSR count). The number of halogens is 1. The number of nitrogen functional groups attached to an aromatic ring is 1. The third-order valence-corrected chi connectivity index (χ3v) is 8.10. The van der Waals surface area contributed by atoms with Gasteiger partial charge in [-0.2, -0.15) is 4.37 Å². The quantitative estimate of drug-likeness (QED) is 0.455. The number of thiophene rings is 1. The van der Waals surface area contributed by atoms with Gasteiger partial charge in [0.1, 0.15) is 22.8 Å². The molecule has 0 spiro atoms. The van der Waals surface area contributed by atoms with Crippen LogP contribution in [0.2, 0.25) is 5.02 Å². The van der Waals surface area contributed by atoms with Crippen molar-refractivity contribution in [1.29, 1.82) is 0 Å². The normalized spacial score (nSPS) is 15.4. The molecule has 1 fully saturated rings. The number of morpholine rings is 1. The maximum Gasteiger partial charge on any atom is 0.205 e. The second-order valence-corrected chi connectivity index (χ2v) is 9.86. The number of anilines is 1. The van der Waals surface area contributed by atoms with Crippen LogP contribution in [0.4, 0.5) is 5.69 Å². The van der Waals surface area contributed by atoms with E-state index in [1.54, 1.807) is 40.9 Å². The van der Waals surface area contributed by atoms with Gasteiger partial charge in [-0.25, -0.2) is 0 Å². The lowest BCUT2D eigenvalue weighted by Crippen LogP contribution is -3.14. The zero-order chi connectivity index (χ0) is 18.8. The number of fused-ring (bicyclic) bond motifs is 1. The van der Waals surface area contributed by atoms with E-state index in [-0.39, 0.29) is 5.78 Å². The van der Waals surface area contributed by atoms with Crippen LogP contribution in [0.5, 0.6) is 0 Å². The first kappa shape index (κ1) is 19.2. The molecule has 2 aromatic heterocycles. The molecule has 3 heterocycles. The number of benzene rings is 1. The van der Waals surface area contributed by atoms with Gasteiger partial charge in [-0.3, -0.25) is 4.79 Å². The monoisotopic (exact) mass is 440 g/mol. The summed E-state index contributed by atoms with van der Waals surface area (Å²) in [5.41, 5.74) is 7.50. The fourth-order valence-electron chi connectivity index (χ4n) is 3.02. The number of quaternary nitrogens is 1. The first-order valence-electron chi connectivity index (χ1n) is 8.65. The highest BCUT2D eigenvalue weighted by atomic mass is 35.5. The molecule has 0 atom stereocenters. The Hall–Kier alpha value is -1.16. The minimum absolute atomic E-state index is 0.0779. The van der Waals surface area contributed by atoms with E-state index >= 15 is 0 Å². The highest BCUT2D eigenvalue weighted by Crippen LogP contribution is 2.42. The summed E-state index contributed by atoms with van der Waals surface area (Å²) in [7, 11) is 0. The standard InChI is InChI=1S/C18H18ClN3O2S3/c19-12-3-1-11(2-4-12)15(23)16-14(20)13-17(26-16)21-27-18(13)25-10-7-22-5-8-24-9-6-22/h1-4H,5-10,20H2/p+1. The van der Waals surface area contributed by atoms with Gasteiger partial charge in [-0.1, -0.05) is 11.6 Å². The molecule has 27 heavy (non-hydrogen) atoms. The van der Waals surface area contributed by atoms with Crippen LogP contribution in [0.25, 0.3) is 10.2 Å². The molecule has 0 bridgehead atoms. The molecule has 1 aliphatic heterocycles. The Morgan fingerprint density at radius 1 is 1.30 bits per heavy atom. The van der Waals surface area contributed by atoms with Crippen molar-refractivity contribution in [2.24, 2.45) is 0 Å². The molecule has 0 radical (unpaired) electrons. The lowest BCUT2D eigenvalue weighted by Gasteiger charge is -2.23. The lowest BCUT2D eigenvalue weighted by atomic mass is 10.1. The molecule has 3 N–H and O–H groups in total. The van der Waals surface area contributed by atoms with Crippen LogP contribution in [-0.2, 0) is 4.74 Å². The van der Waals surface area contributed by atoms with E-state index in [4.69, 9.17) is 22.1 Å². The summed E-state index contributed by atoms with van der Waals surface area (Å²) in [4.78, 5) is 15.8. The zero-order valence-electron chi connectivity index (χ0n) is 14.5. The second-order valence-electron chi connectivity index (χ2n) is 6.29. The Morgan fingerprint density at radius 3 is 2.78 bits per heavy atom. The van der Waals surface area contributed by atoms with Crippen molar-refractivity contribution in [2.45, 2.75) is 4.21 Å². The van der Waals surface area contributed by atoms with Crippen molar-refractivity contribution in [3.8, 4) is 0 Å². The first-order valence-corrected chi connectivity index (χ1v) is 11.6. The number of rotatable bonds is 6. The topological polar surface area (TPSA) is 69.7 Å². The van der Waals surface area contributed by atoms with Crippen molar-refractivity contribution < 1.29 is 14.4 Å². The number of aromatic nitrogens is 1. The van der Waals surface area contributed by atoms with Crippen LogP contribution in [0.3, 0.4) is 0 Å². The van der Waals surface area contributed by atoms with E-state index in [2.05, 4.69) is 4.37 Å². The molecule has 0 amide bonds. The van der Waals surface area contributed by atoms with Gasteiger partial charge >= 0.3 is 0 Å². The number of carbonyl (C=O) groups is 1. The van der Waals surface area contributed by atoms with Gasteiger partial charge in [-0.05, 0) is 35.8 Å². The molecule has 0 aliphatic carbocycles. The van der Waals surface area contributed by atoms with Gasteiger partial charge in [0.05, 0.1) is 35.0 Å². The highest BCUT2D eigenvalue weighted by Gasteiger charge is 2.23. The summed E-state index contributed by atoms with van der Waals surface area (Å²) in [6.07, 6.45) is 0. The Balaban J connectivity index is 1.50. The molecular weight excluding hydrogens is 422 g/mol. The van der Waals surface area contributed by atoms with Crippen molar-refractivity contribution >= 4 is 67.9 Å². The first-order chi connectivity index (χ1) is 13.1. The van der Waals surface area contributed by atoms with Crippen LogP contribution in [-0.4, -0.2) is 48.8 Å². The predicted octanol–water partition coefficient (Wildman–Crippen LogP) is 2.83. The molecule has 1 aliphatic rings. The maximum absolute atomic E-state index is 12.8. The molecule has 5 nitrogen and oxygen atoms in total. The Labute approximate surface area is 174 Å². The van der Waals surface area contributed by atoms with Crippen molar-refractivity contribution in [1.82, 2.24) is 4.37 Å². The number of carbonyl (C=O) groups excluding carboxylic acids is 1. The van der Waals surface area contributed by atoms with Crippen LogP contribution >= 0.6 is 46.2 Å². The molecule has 3 aromatic rings. The van der Waals surface area contributed by atoms with E-state index in [0.29, 0.717) is 21.2 Å². The van der Waals surface area contributed by atoms with E-state index < -0.39 is 0 Å². The van der Waals surface area contributed by atoms with E-state index in [0.717, 1.165) is 53.0 Å². The summed E-state index contributed by atoms with van der Waals surface area (Å²) in [5.74, 6) is 0.924. The fourth-order valence-corrected chi connectivity index (χ4v) is 6.52. The van der Waals surface area contributed by atoms with Crippen LogP contribution in [0.15, 0.2) is 28.5 Å². The summed E-state index contributed by atoms with van der Waals surface area (Å²) in [6, 6.07) is 6.89. The van der Waals surface area contributed by atoms with Gasteiger partial charge < -0.3 is 15.4 Å². The van der Waals surface area contributed by atoms with E-state index in [9.17, 15) is 4.79 Å².